The van der Waals surface area contributed by atoms with Crippen molar-refractivity contribution in [3.8, 4) is 0 Å². The Morgan fingerprint density at radius 1 is 1.22 bits per heavy atom. The average Bonchev–Trinajstić information content (AvgIpc) is 2.73. The first kappa shape index (κ1) is 15.2. The van der Waals surface area contributed by atoms with Crippen LogP contribution >= 0.6 is 0 Å². The summed E-state index contributed by atoms with van der Waals surface area (Å²) in [5, 5.41) is 3.44. The van der Waals surface area contributed by atoms with Gasteiger partial charge in [0.05, 0.1) is 19.5 Å². The molecule has 0 amide bonds. The first-order valence-corrected chi connectivity index (χ1v) is 6.48. The van der Waals surface area contributed by atoms with Gasteiger partial charge in [0.2, 0.25) is 0 Å². The third-order valence-electron chi connectivity index (χ3n) is 2.46. The van der Waals surface area contributed by atoms with Gasteiger partial charge in [0.15, 0.2) is 0 Å². The number of hydrogen-bond donors (Lipinski definition) is 1. The second kappa shape index (κ2) is 7.56. The van der Waals surface area contributed by atoms with E-state index in [2.05, 4.69) is 26.1 Å². The quantitative estimate of drug-likeness (QED) is 0.725. The Morgan fingerprint density at radius 2 is 1.94 bits per heavy atom. The summed E-state index contributed by atoms with van der Waals surface area (Å²) in [7, 11) is 0. The van der Waals surface area contributed by atoms with Crippen LogP contribution in [0, 0.1) is 0 Å². The highest BCUT2D eigenvalue weighted by Crippen LogP contribution is 2.13. The van der Waals surface area contributed by atoms with Crippen LogP contribution in [0.2, 0.25) is 0 Å². The molecule has 1 aromatic rings. The van der Waals surface area contributed by atoms with Crippen LogP contribution in [0.25, 0.3) is 0 Å². The molecule has 1 rings (SSSR count). The van der Waals surface area contributed by atoms with Gasteiger partial charge in [0.1, 0.15) is 12.4 Å². The topological polar surface area (TPSA) is 43.6 Å². The molecule has 0 radical (unpaired) electrons. The van der Waals surface area contributed by atoms with Gasteiger partial charge in [-0.3, -0.25) is 0 Å². The predicted molar refractivity (Wildman–Crippen MR) is 71.4 cm³/mol. The third-order valence-corrected chi connectivity index (χ3v) is 2.46. The van der Waals surface area contributed by atoms with Gasteiger partial charge >= 0.3 is 0 Å². The van der Waals surface area contributed by atoms with Crippen molar-refractivity contribution in [3.05, 3.63) is 23.7 Å². The number of rotatable bonds is 8. The average molecular weight is 255 g/mol. The molecule has 104 valence electrons. The normalized spacial score (nSPS) is 12.0. The van der Waals surface area contributed by atoms with E-state index in [0.717, 1.165) is 24.5 Å². The van der Waals surface area contributed by atoms with E-state index in [9.17, 15) is 0 Å². The first-order valence-electron chi connectivity index (χ1n) is 6.48. The van der Waals surface area contributed by atoms with Gasteiger partial charge in [-0.1, -0.05) is 0 Å². The highest BCUT2D eigenvalue weighted by atomic mass is 16.5. The van der Waals surface area contributed by atoms with Crippen molar-refractivity contribution >= 4 is 0 Å². The standard InChI is InChI=1S/C14H25NO3/c1-5-16-8-9-17-11-13-12(6-7-18-13)10-15-14(2,3)4/h6-7,15H,5,8-11H2,1-4H3. The van der Waals surface area contributed by atoms with E-state index in [-0.39, 0.29) is 5.54 Å². The summed E-state index contributed by atoms with van der Waals surface area (Å²) in [5.41, 5.74) is 1.26. The van der Waals surface area contributed by atoms with Gasteiger partial charge in [0.25, 0.3) is 0 Å². The molecule has 0 bridgehead atoms. The van der Waals surface area contributed by atoms with Crippen LogP contribution < -0.4 is 5.32 Å². The maximum absolute atomic E-state index is 5.51. The van der Waals surface area contributed by atoms with E-state index in [4.69, 9.17) is 13.9 Å². The summed E-state index contributed by atoms with van der Waals surface area (Å²) in [6, 6.07) is 1.99. The van der Waals surface area contributed by atoms with Gasteiger partial charge in [0, 0.05) is 24.3 Å². The lowest BCUT2D eigenvalue weighted by Gasteiger charge is -2.20. The molecule has 0 unspecified atom stereocenters. The van der Waals surface area contributed by atoms with Crippen LogP contribution in [-0.2, 0) is 22.6 Å². The predicted octanol–water partition coefficient (Wildman–Crippen LogP) is 2.72. The molecule has 0 spiro atoms. The van der Waals surface area contributed by atoms with Crippen molar-refractivity contribution in [2.75, 3.05) is 19.8 Å². The zero-order valence-electron chi connectivity index (χ0n) is 11.9. The van der Waals surface area contributed by atoms with Crippen LogP contribution in [0.3, 0.4) is 0 Å². The maximum atomic E-state index is 5.51. The van der Waals surface area contributed by atoms with Crippen molar-refractivity contribution in [3.63, 3.8) is 0 Å². The molecule has 4 heteroatoms. The zero-order valence-corrected chi connectivity index (χ0v) is 11.9. The van der Waals surface area contributed by atoms with Gasteiger partial charge in [-0.2, -0.15) is 0 Å². The summed E-state index contributed by atoms with van der Waals surface area (Å²) < 4.78 is 16.1. The van der Waals surface area contributed by atoms with Gasteiger partial charge in [-0.05, 0) is 33.8 Å². The Morgan fingerprint density at radius 3 is 2.61 bits per heavy atom. The number of ether oxygens (including phenoxy) is 2. The third kappa shape index (κ3) is 6.19. The smallest absolute Gasteiger partial charge is 0.133 e. The summed E-state index contributed by atoms with van der Waals surface area (Å²) >= 11 is 0. The summed E-state index contributed by atoms with van der Waals surface area (Å²) in [5.74, 6) is 0.892. The summed E-state index contributed by atoms with van der Waals surface area (Å²) in [6.45, 7) is 11.7. The second-order valence-corrected chi connectivity index (χ2v) is 5.22. The van der Waals surface area contributed by atoms with Crippen LogP contribution in [-0.4, -0.2) is 25.4 Å². The zero-order chi connectivity index (χ0) is 13.4. The molecule has 0 aliphatic rings. The second-order valence-electron chi connectivity index (χ2n) is 5.22. The van der Waals surface area contributed by atoms with E-state index in [0.29, 0.717) is 19.8 Å². The lowest BCUT2D eigenvalue weighted by molar-refractivity contribution is 0.0386. The van der Waals surface area contributed by atoms with Crippen molar-refractivity contribution in [1.29, 1.82) is 0 Å². The first-order chi connectivity index (χ1) is 8.53. The molecular weight excluding hydrogens is 230 g/mol. The van der Waals surface area contributed by atoms with Gasteiger partial charge in [-0.15, -0.1) is 0 Å². The van der Waals surface area contributed by atoms with Crippen LogP contribution in [0.15, 0.2) is 16.7 Å². The lowest BCUT2D eigenvalue weighted by Crippen LogP contribution is -2.35. The molecule has 0 fully saturated rings. The minimum Gasteiger partial charge on any atom is -0.467 e. The van der Waals surface area contributed by atoms with E-state index in [1.165, 1.54) is 0 Å². The Balaban J connectivity index is 2.31. The van der Waals surface area contributed by atoms with Crippen molar-refractivity contribution < 1.29 is 13.9 Å². The fourth-order valence-corrected chi connectivity index (χ4v) is 1.44. The SMILES string of the molecule is CCOCCOCc1occc1CNC(C)(C)C. The van der Waals surface area contributed by atoms with Crippen LogP contribution in [0.5, 0.6) is 0 Å². The molecule has 0 aromatic carbocycles. The van der Waals surface area contributed by atoms with E-state index in [1.807, 2.05) is 13.0 Å². The Bertz CT molecular complexity index is 328. The minimum atomic E-state index is 0.102. The lowest BCUT2D eigenvalue weighted by atomic mass is 10.1. The molecule has 1 aromatic heterocycles. The molecule has 4 nitrogen and oxygen atoms in total. The Labute approximate surface area is 110 Å². The highest BCUT2D eigenvalue weighted by Gasteiger charge is 2.12. The molecule has 1 N–H and O–H groups in total. The van der Waals surface area contributed by atoms with Crippen LogP contribution in [0.4, 0.5) is 0 Å². The summed E-state index contributed by atoms with van der Waals surface area (Å²) in [6.07, 6.45) is 1.71. The highest BCUT2D eigenvalue weighted by molar-refractivity contribution is 5.16. The summed E-state index contributed by atoms with van der Waals surface area (Å²) in [4.78, 5) is 0. The maximum Gasteiger partial charge on any atom is 0.133 e. The molecule has 0 aliphatic carbocycles. The van der Waals surface area contributed by atoms with E-state index < -0.39 is 0 Å². The Kier molecular flexibility index (Phi) is 6.39. The largest absolute Gasteiger partial charge is 0.467 e. The molecule has 0 aliphatic heterocycles. The molecular formula is C14H25NO3. The fraction of sp³-hybridized carbons (Fsp3) is 0.714. The molecule has 0 saturated carbocycles. The van der Waals surface area contributed by atoms with Crippen molar-refractivity contribution in [1.82, 2.24) is 5.32 Å². The van der Waals surface area contributed by atoms with Crippen LogP contribution in [0.1, 0.15) is 39.0 Å². The van der Waals surface area contributed by atoms with Crippen molar-refractivity contribution in [2.45, 2.75) is 46.4 Å². The number of nitrogens with one attached hydrogen (secondary N) is 1. The van der Waals surface area contributed by atoms with Gasteiger partial charge in [-0.25, -0.2) is 0 Å². The van der Waals surface area contributed by atoms with Crippen molar-refractivity contribution in [2.24, 2.45) is 0 Å². The molecule has 18 heavy (non-hydrogen) atoms. The molecule has 0 atom stereocenters. The van der Waals surface area contributed by atoms with Gasteiger partial charge < -0.3 is 19.2 Å². The minimum absolute atomic E-state index is 0.102. The number of hydrogen-bond acceptors (Lipinski definition) is 4. The van der Waals surface area contributed by atoms with E-state index >= 15 is 0 Å². The van der Waals surface area contributed by atoms with E-state index in [1.54, 1.807) is 6.26 Å². The fourth-order valence-electron chi connectivity index (χ4n) is 1.44. The molecule has 1 heterocycles. The molecule has 0 saturated heterocycles. The Hall–Kier alpha value is -0.840. The number of furan rings is 1. The monoisotopic (exact) mass is 255 g/mol.